The third kappa shape index (κ3) is 2.12. The molecule has 0 aromatic heterocycles. The molecule has 0 atom stereocenters. The monoisotopic (exact) mass is 303 g/mol. The lowest BCUT2D eigenvalue weighted by atomic mass is 10.2. The van der Waals surface area contributed by atoms with Crippen molar-refractivity contribution in [2.45, 2.75) is 0 Å². The van der Waals surface area contributed by atoms with E-state index in [1.165, 1.54) is 9.26 Å². The molecule has 1 fully saturated rings. The Morgan fingerprint density at radius 2 is 2.00 bits per heavy atom. The van der Waals surface area contributed by atoms with E-state index >= 15 is 0 Å². The summed E-state index contributed by atoms with van der Waals surface area (Å²) >= 11 is 2.35. The van der Waals surface area contributed by atoms with Crippen molar-refractivity contribution in [1.29, 1.82) is 0 Å². The first kappa shape index (κ1) is 10.0. The summed E-state index contributed by atoms with van der Waals surface area (Å²) in [6.07, 6.45) is 0. The molecule has 1 aliphatic rings. The number of hydrogen-bond donors (Lipinski definition) is 2. The molecule has 0 radical (unpaired) electrons. The van der Waals surface area contributed by atoms with Gasteiger partial charge in [-0.1, -0.05) is 0 Å². The fraction of sp³-hybridized carbons (Fsp3) is 0.400. The quantitative estimate of drug-likeness (QED) is 0.607. The van der Waals surface area contributed by atoms with Gasteiger partial charge in [-0.3, -0.25) is 0 Å². The van der Waals surface area contributed by atoms with Gasteiger partial charge in [0.2, 0.25) is 0 Å². The van der Waals surface area contributed by atoms with E-state index in [0.717, 1.165) is 31.9 Å². The highest BCUT2D eigenvalue weighted by atomic mass is 127. The van der Waals surface area contributed by atoms with Crippen LogP contribution in [0.15, 0.2) is 18.2 Å². The maximum atomic E-state index is 5.72. The summed E-state index contributed by atoms with van der Waals surface area (Å²) < 4.78 is 1.24. The topological polar surface area (TPSA) is 41.3 Å². The molecule has 2 rings (SSSR count). The second-order valence-corrected chi connectivity index (χ2v) is 4.61. The van der Waals surface area contributed by atoms with Crippen LogP contribution in [0.1, 0.15) is 0 Å². The summed E-state index contributed by atoms with van der Waals surface area (Å²) in [4.78, 5) is 2.40. The van der Waals surface area contributed by atoms with Crippen LogP contribution in [0.2, 0.25) is 0 Å². The zero-order valence-electron chi connectivity index (χ0n) is 7.96. The summed E-state index contributed by atoms with van der Waals surface area (Å²) in [5.74, 6) is 0. The van der Waals surface area contributed by atoms with E-state index in [1.54, 1.807) is 0 Å². The van der Waals surface area contributed by atoms with Crippen molar-refractivity contribution in [3.05, 3.63) is 21.8 Å². The average Bonchev–Trinajstić information content (AvgIpc) is 2.19. The molecule has 1 saturated heterocycles. The summed E-state index contributed by atoms with van der Waals surface area (Å²) in [5, 5.41) is 3.35. The number of rotatable bonds is 1. The highest BCUT2D eigenvalue weighted by molar-refractivity contribution is 14.1. The first-order valence-corrected chi connectivity index (χ1v) is 5.86. The van der Waals surface area contributed by atoms with Crippen LogP contribution < -0.4 is 16.0 Å². The molecule has 0 spiro atoms. The highest BCUT2D eigenvalue weighted by Gasteiger charge is 2.12. The van der Waals surface area contributed by atoms with Crippen molar-refractivity contribution >= 4 is 34.0 Å². The normalized spacial score (nSPS) is 17.1. The van der Waals surface area contributed by atoms with Gasteiger partial charge in [-0.15, -0.1) is 0 Å². The molecule has 0 bridgehead atoms. The van der Waals surface area contributed by atoms with Gasteiger partial charge < -0.3 is 16.0 Å². The number of nitrogens with zero attached hydrogens (tertiary/aromatic N) is 1. The Kier molecular flexibility index (Phi) is 3.12. The van der Waals surface area contributed by atoms with Gasteiger partial charge in [-0.05, 0) is 40.8 Å². The molecule has 0 aliphatic carbocycles. The lowest BCUT2D eigenvalue weighted by Crippen LogP contribution is -2.43. The van der Waals surface area contributed by atoms with Gasteiger partial charge >= 0.3 is 0 Å². The van der Waals surface area contributed by atoms with Crippen molar-refractivity contribution in [3.63, 3.8) is 0 Å². The van der Waals surface area contributed by atoms with Crippen LogP contribution in [0, 0.1) is 3.57 Å². The van der Waals surface area contributed by atoms with Crippen LogP contribution in [0.4, 0.5) is 11.4 Å². The number of nitrogen functional groups attached to an aromatic ring is 1. The molecule has 0 saturated carbocycles. The van der Waals surface area contributed by atoms with E-state index in [2.05, 4.69) is 38.9 Å². The van der Waals surface area contributed by atoms with Crippen LogP contribution in [0.5, 0.6) is 0 Å². The number of nitrogens with one attached hydrogen (secondary N) is 1. The molecule has 0 unspecified atom stereocenters. The Bertz CT molecular complexity index is 321. The minimum Gasteiger partial charge on any atom is -0.399 e. The first-order valence-electron chi connectivity index (χ1n) is 4.78. The number of piperazine rings is 1. The SMILES string of the molecule is Nc1ccc(N2CCNCC2)c(I)c1. The summed E-state index contributed by atoms with van der Waals surface area (Å²) in [5.41, 5.74) is 7.87. The largest absolute Gasteiger partial charge is 0.399 e. The van der Waals surface area contributed by atoms with E-state index in [1.807, 2.05) is 12.1 Å². The van der Waals surface area contributed by atoms with E-state index in [0.29, 0.717) is 0 Å². The third-order valence-electron chi connectivity index (χ3n) is 2.43. The highest BCUT2D eigenvalue weighted by Crippen LogP contribution is 2.24. The van der Waals surface area contributed by atoms with Gasteiger partial charge in [-0.25, -0.2) is 0 Å². The van der Waals surface area contributed by atoms with E-state index in [-0.39, 0.29) is 0 Å². The number of benzene rings is 1. The minimum absolute atomic E-state index is 0.841. The molecule has 3 N–H and O–H groups in total. The van der Waals surface area contributed by atoms with Crippen molar-refractivity contribution in [3.8, 4) is 0 Å². The number of nitrogens with two attached hydrogens (primary N) is 1. The molecule has 1 aromatic carbocycles. The predicted molar refractivity (Wildman–Crippen MR) is 68.7 cm³/mol. The molecular formula is C10H14IN3. The standard InChI is InChI=1S/C10H14IN3/c11-9-7-8(12)1-2-10(9)14-5-3-13-4-6-14/h1-2,7,13H,3-6,12H2. The lowest BCUT2D eigenvalue weighted by Gasteiger charge is -2.30. The van der Waals surface area contributed by atoms with Crippen molar-refractivity contribution in [1.82, 2.24) is 5.32 Å². The number of anilines is 2. The molecule has 1 heterocycles. The average molecular weight is 303 g/mol. The fourth-order valence-corrected chi connectivity index (χ4v) is 2.57. The van der Waals surface area contributed by atoms with Crippen LogP contribution in [-0.2, 0) is 0 Å². The molecule has 14 heavy (non-hydrogen) atoms. The fourth-order valence-electron chi connectivity index (χ4n) is 1.69. The van der Waals surface area contributed by atoms with Gasteiger partial charge in [0.05, 0.1) is 5.69 Å². The van der Waals surface area contributed by atoms with Gasteiger partial charge in [0.25, 0.3) is 0 Å². The Hall–Kier alpha value is -0.490. The molecule has 1 aliphatic heterocycles. The zero-order valence-corrected chi connectivity index (χ0v) is 10.1. The minimum atomic E-state index is 0.841. The maximum absolute atomic E-state index is 5.72. The molecule has 76 valence electrons. The molecule has 3 nitrogen and oxygen atoms in total. The second-order valence-electron chi connectivity index (χ2n) is 3.45. The number of hydrogen-bond acceptors (Lipinski definition) is 3. The molecular weight excluding hydrogens is 289 g/mol. The van der Waals surface area contributed by atoms with E-state index < -0.39 is 0 Å². The second kappa shape index (κ2) is 4.35. The van der Waals surface area contributed by atoms with Crippen molar-refractivity contribution in [2.75, 3.05) is 36.8 Å². The van der Waals surface area contributed by atoms with Crippen LogP contribution >= 0.6 is 22.6 Å². The van der Waals surface area contributed by atoms with Gasteiger partial charge in [0.1, 0.15) is 0 Å². The van der Waals surface area contributed by atoms with Gasteiger partial charge in [-0.2, -0.15) is 0 Å². The Morgan fingerprint density at radius 3 is 2.64 bits per heavy atom. The van der Waals surface area contributed by atoms with Crippen LogP contribution in [0.25, 0.3) is 0 Å². The molecule has 0 amide bonds. The summed E-state index contributed by atoms with van der Waals surface area (Å²) in [6, 6.07) is 6.11. The smallest absolute Gasteiger partial charge is 0.0504 e. The Morgan fingerprint density at radius 1 is 1.29 bits per heavy atom. The third-order valence-corrected chi connectivity index (χ3v) is 3.29. The Labute approximate surface area is 97.8 Å². The maximum Gasteiger partial charge on any atom is 0.0504 e. The van der Waals surface area contributed by atoms with Gasteiger partial charge in [0.15, 0.2) is 0 Å². The number of halogens is 1. The van der Waals surface area contributed by atoms with Crippen LogP contribution in [0.3, 0.4) is 0 Å². The Balaban J connectivity index is 2.22. The van der Waals surface area contributed by atoms with Crippen molar-refractivity contribution in [2.24, 2.45) is 0 Å². The molecule has 4 heteroatoms. The van der Waals surface area contributed by atoms with Gasteiger partial charge in [0, 0.05) is 35.4 Å². The lowest BCUT2D eigenvalue weighted by molar-refractivity contribution is 0.588. The molecule has 1 aromatic rings. The summed E-state index contributed by atoms with van der Waals surface area (Å²) in [6.45, 7) is 4.31. The van der Waals surface area contributed by atoms with Crippen molar-refractivity contribution < 1.29 is 0 Å². The van der Waals surface area contributed by atoms with E-state index in [9.17, 15) is 0 Å². The van der Waals surface area contributed by atoms with Crippen LogP contribution in [-0.4, -0.2) is 26.2 Å². The zero-order chi connectivity index (χ0) is 9.97. The van der Waals surface area contributed by atoms with E-state index in [4.69, 9.17) is 5.73 Å². The predicted octanol–water partition coefficient (Wildman–Crippen LogP) is 1.28. The summed E-state index contributed by atoms with van der Waals surface area (Å²) in [7, 11) is 0. The first-order chi connectivity index (χ1) is 6.77.